The molecule has 9 nitrogen and oxygen atoms in total. The lowest BCUT2D eigenvalue weighted by atomic mass is 10.1. The number of piperidine rings is 1. The van der Waals surface area contributed by atoms with Crippen LogP contribution in [0.4, 0.5) is 11.9 Å². The van der Waals surface area contributed by atoms with Gasteiger partial charge < -0.3 is 4.90 Å². The molecule has 1 amide bonds. The normalized spacial score (nSPS) is 15.0. The third-order valence-electron chi connectivity index (χ3n) is 4.87. The molecule has 1 aliphatic rings. The lowest BCUT2D eigenvalue weighted by Crippen LogP contribution is -2.30. The minimum atomic E-state index is -3.71. The summed E-state index contributed by atoms with van der Waals surface area (Å²) in [5.74, 6) is 0.153. The van der Waals surface area contributed by atoms with Crippen LogP contribution in [-0.2, 0) is 10.0 Å². The third-order valence-corrected chi connectivity index (χ3v) is 7.25. The average molecular weight is 441 g/mol. The van der Waals surface area contributed by atoms with Gasteiger partial charge in [-0.1, -0.05) is 25.4 Å². The summed E-state index contributed by atoms with van der Waals surface area (Å²) in [6.07, 6.45) is 3.36. The molecule has 158 valence electrons. The van der Waals surface area contributed by atoms with E-state index in [4.69, 9.17) is 11.6 Å². The maximum Gasteiger partial charge on any atom is 0.259 e. The number of nitrogens with zero attached hydrogens (tertiary/aromatic N) is 4. The van der Waals surface area contributed by atoms with E-state index in [0.717, 1.165) is 25.9 Å². The third kappa shape index (κ3) is 4.71. The molecule has 2 aromatic rings. The quantitative estimate of drug-likeness (QED) is 0.684. The van der Waals surface area contributed by atoms with E-state index in [1.165, 1.54) is 28.9 Å². The van der Waals surface area contributed by atoms with Crippen LogP contribution in [0.15, 0.2) is 23.1 Å². The number of nitrogens with one attached hydrogen (secondary N) is 2. The molecule has 2 heterocycles. The molecular weight excluding hydrogens is 416 g/mol. The predicted octanol–water partition coefficient (Wildman–Crippen LogP) is 2.73. The number of carbonyl (C=O) groups excluding carboxylic acids is 1. The lowest BCUT2D eigenvalue weighted by molar-refractivity contribution is 0.102. The molecule has 0 atom stereocenters. The maximum atomic E-state index is 12.7. The number of anilines is 2. The summed E-state index contributed by atoms with van der Waals surface area (Å²) in [6, 6.07) is 4.09. The number of aromatic nitrogens is 3. The number of hydrogen-bond acceptors (Lipinski definition) is 6. The van der Waals surface area contributed by atoms with Crippen LogP contribution >= 0.6 is 11.6 Å². The Morgan fingerprint density at radius 1 is 1.24 bits per heavy atom. The van der Waals surface area contributed by atoms with Crippen LogP contribution in [-0.4, -0.2) is 60.0 Å². The van der Waals surface area contributed by atoms with Crippen LogP contribution in [0.2, 0.25) is 5.02 Å². The van der Waals surface area contributed by atoms with Crippen molar-refractivity contribution in [1.29, 1.82) is 0 Å². The number of benzene rings is 1. The molecule has 1 aliphatic heterocycles. The Labute approximate surface area is 175 Å². The Hall–Kier alpha value is -2.17. The van der Waals surface area contributed by atoms with Gasteiger partial charge in [0.2, 0.25) is 21.9 Å². The average Bonchev–Trinajstić information content (AvgIpc) is 3.18. The Morgan fingerprint density at radius 3 is 2.59 bits per heavy atom. The van der Waals surface area contributed by atoms with Gasteiger partial charge in [-0.15, -0.1) is 5.10 Å². The fourth-order valence-electron chi connectivity index (χ4n) is 3.27. The standard InChI is InChI=1S/C18H25ClN6O3S/c1-3-25(4-2)29(27,28)13-8-9-15(19)14(12-13)16(26)20-17-21-18(23-22-17)24-10-6-5-7-11-24/h8-9,12H,3-7,10-11H2,1-2H3,(H2,20,21,22,23,26). The van der Waals surface area contributed by atoms with E-state index in [1.54, 1.807) is 13.8 Å². The smallest absolute Gasteiger partial charge is 0.259 e. The summed E-state index contributed by atoms with van der Waals surface area (Å²) < 4.78 is 26.8. The lowest BCUT2D eigenvalue weighted by Gasteiger charge is -2.24. The minimum absolute atomic E-state index is 0.0160. The van der Waals surface area contributed by atoms with Crippen LogP contribution in [0.25, 0.3) is 0 Å². The largest absolute Gasteiger partial charge is 0.340 e. The second-order valence-electron chi connectivity index (χ2n) is 6.72. The highest BCUT2D eigenvalue weighted by atomic mass is 35.5. The number of sulfonamides is 1. The van der Waals surface area contributed by atoms with Crippen molar-refractivity contribution in [2.75, 3.05) is 36.4 Å². The van der Waals surface area contributed by atoms with Crippen molar-refractivity contribution in [3.8, 4) is 0 Å². The first-order valence-electron chi connectivity index (χ1n) is 9.65. The Balaban J connectivity index is 1.80. The number of halogens is 1. The van der Waals surface area contributed by atoms with Gasteiger partial charge in [0.15, 0.2) is 0 Å². The molecule has 1 saturated heterocycles. The van der Waals surface area contributed by atoms with Gasteiger partial charge in [0.05, 0.1) is 15.5 Å². The molecule has 1 fully saturated rings. The number of aromatic amines is 1. The first-order valence-corrected chi connectivity index (χ1v) is 11.5. The van der Waals surface area contributed by atoms with E-state index in [0.29, 0.717) is 19.0 Å². The second-order valence-corrected chi connectivity index (χ2v) is 9.06. The van der Waals surface area contributed by atoms with Crippen molar-refractivity contribution in [3.05, 3.63) is 28.8 Å². The van der Waals surface area contributed by atoms with Crippen LogP contribution in [0.3, 0.4) is 0 Å². The SMILES string of the molecule is CCN(CC)S(=O)(=O)c1ccc(Cl)c(C(=O)Nc2nc(N3CCCCC3)n[nH]2)c1. The highest BCUT2D eigenvalue weighted by Gasteiger charge is 2.24. The molecule has 29 heavy (non-hydrogen) atoms. The van der Waals surface area contributed by atoms with Gasteiger partial charge in [0.1, 0.15) is 0 Å². The number of rotatable bonds is 7. The first-order chi connectivity index (χ1) is 13.9. The van der Waals surface area contributed by atoms with Crippen molar-refractivity contribution in [2.45, 2.75) is 38.0 Å². The van der Waals surface area contributed by atoms with Gasteiger partial charge in [-0.3, -0.25) is 10.1 Å². The second kappa shape index (κ2) is 9.10. The van der Waals surface area contributed by atoms with E-state index < -0.39 is 15.9 Å². The Kier molecular flexibility index (Phi) is 6.76. The monoisotopic (exact) mass is 440 g/mol. The molecule has 0 radical (unpaired) electrons. The van der Waals surface area contributed by atoms with Crippen molar-refractivity contribution < 1.29 is 13.2 Å². The molecule has 1 aromatic heterocycles. The van der Waals surface area contributed by atoms with Gasteiger partial charge in [-0.05, 0) is 37.5 Å². The molecule has 2 N–H and O–H groups in total. The fourth-order valence-corrected chi connectivity index (χ4v) is 4.96. The molecule has 1 aromatic carbocycles. The highest BCUT2D eigenvalue weighted by Crippen LogP contribution is 2.24. The van der Waals surface area contributed by atoms with Crippen LogP contribution in [0.5, 0.6) is 0 Å². The summed E-state index contributed by atoms with van der Waals surface area (Å²) in [7, 11) is -3.71. The van der Waals surface area contributed by atoms with Gasteiger partial charge >= 0.3 is 0 Å². The van der Waals surface area contributed by atoms with Gasteiger partial charge in [0.25, 0.3) is 5.91 Å². The van der Waals surface area contributed by atoms with Crippen molar-refractivity contribution in [3.63, 3.8) is 0 Å². The van der Waals surface area contributed by atoms with E-state index in [2.05, 4.69) is 25.4 Å². The van der Waals surface area contributed by atoms with E-state index in [-0.39, 0.29) is 21.4 Å². The molecular formula is C18H25ClN6O3S. The summed E-state index contributed by atoms with van der Waals surface area (Å²) in [5, 5.41) is 9.61. The van der Waals surface area contributed by atoms with Gasteiger partial charge in [0, 0.05) is 26.2 Å². The maximum absolute atomic E-state index is 12.7. The van der Waals surface area contributed by atoms with Crippen LogP contribution in [0.1, 0.15) is 43.5 Å². The molecule has 0 saturated carbocycles. The number of H-pyrrole nitrogens is 1. The fraction of sp³-hybridized carbons (Fsp3) is 0.500. The summed E-state index contributed by atoms with van der Waals surface area (Å²) in [4.78, 5) is 19.1. The zero-order valence-electron chi connectivity index (χ0n) is 16.5. The number of carbonyl (C=O) groups is 1. The van der Waals surface area contributed by atoms with Gasteiger partial charge in [-0.2, -0.15) is 9.29 Å². The summed E-state index contributed by atoms with van der Waals surface area (Å²) in [5.41, 5.74) is 0.0517. The zero-order chi connectivity index (χ0) is 21.0. The summed E-state index contributed by atoms with van der Waals surface area (Å²) >= 11 is 6.16. The van der Waals surface area contributed by atoms with Crippen LogP contribution < -0.4 is 10.2 Å². The summed E-state index contributed by atoms with van der Waals surface area (Å²) in [6.45, 7) is 5.94. The van der Waals surface area contributed by atoms with E-state index >= 15 is 0 Å². The Morgan fingerprint density at radius 2 is 1.93 bits per heavy atom. The van der Waals surface area contributed by atoms with Gasteiger partial charge in [-0.25, -0.2) is 13.5 Å². The van der Waals surface area contributed by atoms with E-state index in [9.17, 15) is 13.2 Å². The molecule has 0 spiro atoms. The van der Waals surface area contributed by atoms with Crippen molar-refractivity contribution in [2.24, 2.45) is 0 Å². The van der Waals surface area contributed by atoms with Crippen LogP contribution in [0, 0.1) is 0 Å². The number of amides is 1. The van der Waals surface area contributed by atoms with Crippen molar-refractivity contribution in [1.82, 2.24) is 19.5 Å². The molecule has 0 unspecified atom stereocenters. The highest BCUT2D eigenvalue weighted by molar-refractivity contribution is 7.89. The minimum Gasteiger partial charge on any atom is -0.340 e. The van der Waals surface area contributed by atoms with E-state index in [1.807, 2.05) is 0 Å². The number of hydrogen-bond donors (Lipinski definition) is 2. The zero-order valence-corrected chi connectivity index (χ0v) is 18.1. The molecule has 0 bridgehead atoms. The topological polar surface area (TPSA) is 111 Å². The first kappa shape index (κ1) is 21.5. The molecule has 3 rings (SSSR count). The Bertz CT molecular complexity index is 968. The predicted molar refractivity (Wildman–Crippen MR) is 112 cm³/mol. The van der Waals surface area contributed by atoms with Crippen molar-refractivity contribution >= 4 is 39.4 Å². The molecule has 0 aliphatic carbocycles. The molecule has 11 heteroatoms.